The van der Waals surface area contributed by atoms with Crippen LogP contribution in [0.2, 0.25) is 5.02 Å². The highest BCUT2D eigenvalue weighted by atomic mass is 35.5. The molecule has 0 spiro atoms. The van der Waals surface area contributed by atoms with Gasteiger partial charge >= 0.3 is 6.03 Å². The molecule has 2 aromatic carbocycles. The van der Waals surface area contributed by atoms with Crippen molar-refractivity contribution in [2.24, 2.45) is 0 Å². The summed E-state index contributed by atoms with van der Waals surface area (Å²) in [5, 5.41) is 6.24. The highest BCUT2D eigenvalue weighted by Gasteiger charge is 2.30. The maximum Gasteiger partial charge on any atom is 0.319 e. The van der Waals surface area contributed by atoms with Crippen molar-refractivity contribution in [3.63, 3.8) is 0 Å². The number of carbonyl (C=O) groups excluding carboxylic acids is 1. The Morgan fingerprint density at radius 1 is 1.16 bits per heavy atom. The Kier molecular flexibility index (Phi) is 4.87. The quantitative estimate of drug-likeness (QED) is 0.858. The molecule has 1 aliphatic rings. The van der Waals surface area contributed by atoms with E-state index >= 15 is 0 Å². The Labute approximate surface area is 151 Å². The maximum absolute atomic E-state index is 12.3. The number of rotatable bonds is 3. The second-order valence-corrected chi connectivity index (χ2v) is 8.18. The lowest BCUT2D eigenvalue weighted by molar-refractivity contribution is 0.248. The fourth-order valence-electron chi connectivity index (χ4n) is 2.88. The summed E-state index contributed by atoms with van der Waals surface area (Å²) < 4.78 is 25.3. The van der Waals surface area contributed by atoms with Gasteiger partial charge in [-0.25, -0.2) is 13.2 Å². The maximum atomic E-state index is 12.3. The number of carbonyl (C=O) groups is 1. The molecule has 8 heteroatoms. The van der Waals surface area contributed by atoms with E-state index in [4.69, 9.17) is 11.6 Å². The van der Waals surface area contributed by atoms with Crippen LogP contribution in [0.3, 0.4) is 0 Å². The minimum atomic E-state index is -3.35. The molecule has 2 N–H and O–H groups in total. The van der Waals surface area contributed by atoms with Crippen LogP contribution >= 0.6 is 11.6 Å². The molecule has 0 saturated carbocycles. The first-order chi connectivity index (χ1) is 11.8. The lowest BCUT2D eigenvalue weighted by Crippen LogP contribution is -2.41. The van der Waals surface area contributed by atoms with E-state index in [2.05, 4.69) is 10.6 Å². The molecule has 1 aliphatic heterocycles. The molecule has 1 atom stereocenters. The van der Waals surface area contributed by atoms with Gasteiger partial charge in [0.05, 0.1) is 18.0 Å². The van der Waals surface area contributed by atoms with Crippen LogP contribution in [-0.2, 0) is 10.0 Å². The van der Waals surface area contributed by atoms with E-state index < -0.39 is 10.0 Å². The number of benzene rings is 2. The molecule has 1 unspecified atom stereocenters. The van der Waals surface area contributed by atoms with Crippen molar-refractivity contribution in [2.45, 2.75) is 12.5 Å². The van der Waals surface area contributed by atoms with Crippen LogP contribution in [0.25, 0.3) is 0 Å². The van der Waals surface area contributed by atoms with Crippen molar-refractivity contribution in [1.82, 2.24) is 5.32 Å². The highest BCUT2D eigenvalue weighted by Crippen LogP contribution is 2.35. The van der Waals surface area contributed by atoms with Crippen LogP contribution in [0.1, 0.15) is 18.0 Å². The third kappa shape index (κ3) is 4.05. The van der Waals surface area contributed by atoms with Gasteiger partial charge in [0, 0.05) is 17.3 Å². The van der Waals surface area contributed by atoms with Crippen LogP contribution < -0.4 is 14.9 Å². The summed E-state index contributed by atoms with van der Waals surface area (Å²) in [6.07, 6.45) is 1.68. The third-order valence-corrected chi connectivity index (χ3v) is 5.44. The molecule has 0 saturated heterocycles. The Balaban J connectivity index is 1.77. The van der Waals surface area contributed by atoms with Crippen LogP contribution in [0.4, 0.5) is 16.2 Å². The zero-order valence-corrected chi connectivity index (χ0v) is 15.1. The fraction of sp³-hybridized carbons (Fsp3) is 0.235. The molecular weight excluding hydrogens is 362 g/mol. The number of anilines is 2. The molecule has 0 aromatic heterocycles. The summed E-state index contributed by atoms with van der Waals surface area (Å²) in [6.45, 7) is 0.321. The van der Waals surface area contributed by atoms with Gasteiger partial charge in [-0.2, -0.15) is 0 Å². The Bertz CT molecular complexity index is 884. The Morgan fingerprint density at radius 3 is 2.52 bits per heavy atom. The number of fused-ring (bicyclic) bond motifs is 1. The number of nitrogens with zero attached hydrogens (tertiary/aromatic N) is 1. The summed E-state index contributed by atoms with van der Waals surface area (Å²) in [7, 11) is -3.35. The largest absolute Gasteiger partial charge is 0.331 e. The first-order valence-electron chi connectivity index (χ1n) is 7.74. The Morgan fingerprint density at radius 2 is 1.84 bits per heavy atom. The van der Waals surface area contributed by atoms with Crippen molar-refractivity contribution >= 4 is 39.0 Å². The van der Waals surface area contributed by atoms with Crippen molar-refractivity contribution in [2.75, 3.05) is 22.4 Å². The SMILES string of the molecule is CS(=O)(=O)N1CCC(NC(=O)Nc2ccc(Cl)cc2)c2ccccc21. The second-order valence-electron chi connectivity index (χ2n) is 5.84. The van der Waals surface area contributed by atoms with Gasteiger partial charge in [-0.05, 0) is 42.3 Å². The minimum absolute atomic E-state index is 0.262. The van der Waals surface area contributed by atoms with Gasteiger partial charge in [0.2, 0.25) is 10.0 Å². The van der Waals surface area contributed by atoms with Gasteiger partial charge in [-0.1, -0.05) is 29.8 Å². The van der Waals surface area contributed by atoms with E-state index in [0.29, 0.717) is 29.4 Å². The smallest absolute Gasteiger partial charge is 0.319 e. The van der Waals surface area contributed by atoms with E-state index in [1.807, 2.05) is 12.1 Å². The predicted octanol–water partition coefficient (Wildman–Crippen LogP) is 3.37. The normalized spacial score (nSPS) is 16.9. The summed E-state index contributed by atoms with van der Waals surface area (Å²) in [5.74, 6) is 0. The highest BCUT2D eigenvalue weighted by molar-refractivity contribution is 7.92. The van der Waals surface area contributed by atoms with E-state index in [-0.39, 0.29) is 12.1 Å². The van der Waals surface area contributed by atoms with Crippen LogP contribution in [0.5, 0.6) is 0 Å². The number of amides is 2. The lowest BCUT2D eigenvalue weighted by Gasteiger charge is -2.34. The second kappa shape index (κ2) is 6.93. The molecule has 25 heavy (non-hydrogen) atoms. The molecule has 2 aromatic rings. The Hall–Kier alpha value is -2.25. The van der Waals surface area contributed by atoms with Gasteiger partial charge in [-0.3, -0.25) is 4.31 Å². The summed E-state index contributed by atoms with van der Waals surface area (Å²) in [6, 6.07) is 13.4. The number of sulfonamides is 1. The molecule has 0 fully saturated rings. The predicted molar refractivity (Wildman–Crippen MR) is 99.6 cm³/mol. The molecule has 1 heterocycles. The molecule has 0 aliphatic carbocycles. The van der Waals surface area contributed by atoms with E-state index in [1.165, 1.54) is 10.6 Å². The van der Waals surface area contributed by atoms with Crippen molar-refractivity contribution in [3.05, 3.63) is 59.1 Å². The summed E-state index contributed by atoms with van der Waals surface area (Å²) in [4.78, 5) is 12.3. The molecule has 2 amide bonds. The zero-order chi connectivity index (χ0) is 18.0. The summed E-state index contributed by atoms with van der Waals surface area (Å²) >= 11 is 5.83. The molecule has 6 nitrogen and oxygen atoms in total. The van der Waals surface area contributed by atoms with Crippen molar-refractivity contribution in [3.8, 4) is 0 Å². The fourth-order valence-corrected chi connectivity index (χ4v) is 3.97. The first kappa shape index (κ1) is 17.6. The number of halogens is 1. The molecule has 0 bridgehead atoms. The number of nitrogens with one attached hydrogen (secondary N) is 2. The summed E-state index contributed by atoms with van der Waals surface area (Å²) in [5.41, 5.74) is 2.02. The van der Waals surface area contributed by atoms with Crippen LogP contribution in [0.15, 0.2) is 48.5 Å². The third-order valence-electron chi connectivity index (χ3n) is 4.01. The van der Waals surface area contributed by atoms with Crippen molar-refractivity contribution < 1.29 is 13.2 Å². The van der Waals surface area contributed by atoms with Crippen molar-refractivity contribution in [1.29, 1.82) is 0 Å². The van der Waals surface area contributed by atoms with E-state index in [0.717, 1.165) is 5.56 Å². The van der Waals surface area contributed by atoms with Gasteiger partial charge < -0.3 is 10.6 Å². The average molecular weight is 380 g/mol. The number of hydrogen-bond acceptors (Lipinski definition) is 3. The van der Waals surface area contributed by atoms with Gasteiger partial charge in [0.15, 0.2) is 0 Å². The standard InChI is InChI=1S/C17H18ClN3O3S/c1-25(23,24)21-11-10-15(14-4-2-3-5-16(14)21)20-17(22)19-13-8-6-12(18)7-9-13/h2-9,15H,10-11H2,1H3,(H2,19,20,22). The van der Waals surface area contributed by atoms with Gasteiger partial charge in [0.1, 0.15) is 0 Å². The van der Waals surface area contributed by atoms with E-state index in [1.54, 1.807) is 36.4 Å². The monoisotopic (exact) mass is 379 g/mol. The average Bonchev–Trinajstić information content (AvgIpc) is 2.56. The number of hydrogen-bond donors (Lipinski definition) is 2. The minimum Gasteiger partial charge on any atom is -0.331 e. The molecular formula is C17H18ClN3O3S. The van der Waals surface area contributed by atoms with Gasteiger partial charge in [0.25, 0.3) is 0 Å². The topological polar surface area (TPSA) is 78.5 Å². The molecule has 132 valence electrons. The molecule has 3 rings (SSSR count). The zero-order valence-electron chi connectivity index (χ0n) is 13.6. The number of para-hydroxylation sites is 1. The number of urea groups is 1. The van der Waals surface area contributed by atoms with Crippen LogP contribution in [-0.4, -0.2) is 27.2 Å². The lowest BCUT2D eigenvalue weighted by atomic mass is 9.98. The van der Waals surface area contributed by atoms with Gasteiger partial charge in [-0.15, -0.1) is 0 Å². The van der Waals surface area contributed by atoms with Crippen LogP contribution in [0, 0.1) is 0 Å². The molecule has 0 radical (unpaired) electrons. The van der Waals surface area contributed by atoms with E-state index in [9.17, 15) is 13.2 Å². The first-order valence-corrected chi connectivity index (χ1v) is 9.97.